The number of carbonyl (C=O) groups excluding carboxylic acids is 3. The minimum absolute atomic E-state index is 0.0256. The third-order valence-electron chi connectivity index (χ3n) is 9.05. The Morgan fingerprint density at radius 1 is 1.00 bits per heavy atom. The molecule has 4 unspecified atom stereocenters. The average molecular weight is 586 g/mol. The molecule has 226 valence electrons. The molecule has 2 aromatic rings. The summed E-state index contributed by atoms with van der Waals surface area (Å²) in [4.78, 5) is 42.9. The third-order valence-corrected chi connectivity index (χ3v) is 9.05. The lowest BCUT2D eigenvalue weighted by atomic mass is 9.72. The van der Waals surface area contributed by atoms with Gasteiger partial charge in [0.1, 0.15) is 29.5 Å². The summed E-state index contributed by atoms with van der Waals surface area (Å²) in [7, 11) is 6.17. The second kappa shape index (κ2) is 10.1. The number of nitrogens with zero attached hydrogens (tertiary/aromatic N) is 1. The van der Waals surface area contributed by atoms with Gasteiger partial charge in [-0.3, -0.25) is 14.4 Å². The van der Waals surface area contributed by atoms with Crippen LogP contribution in [0.2, 0.25) is 0 Å². The summed E-state index contributed by atoms with van der Waals surface area (Å²) in [5, 5.41) is 44.4. The van der Waals surface area contributed by atoms with Gasteiger partial charge in [-0.25, -0.2) is 0 Å². The van der Waals surface area contributed by atoms with E-state index in [0.29, 0.717) is 0 Å². The number of fused-ring (bicyclic) bond motifs is 3. The summed E-state index contributed by atoms with van der Waals surface area (Å²) >= 11 is 0. The minimum atomic E-state index is -2.17. The second-order valence-corrected chi connectivity index (χ2v) is 11.7. The largest absolute Gasteiger partial charge is 0.507 e. The van der Waals surface area contributed by atoms with Crippen LogP contribution in [0.15, 0.2) is 18.2 Å². The molecule has 5 rings (SSSR count). The van der Waals surface area contributed by atoms with Crippen molar-refractivity contribution in [1.82, 2.24) is 4.90 Å². The fourth-order valence-corrected chi connectivity index (χ4v) is 6.38. The molecular weight excluding hydrogens is 550 g/mol. The molecule has 0 amide bonds. The zero-order valence-corrected chi connectivity index (χ0v) is 24.4. The molecule has 1 saturated heterocycles. The third kappa shape index (κ3) is 4.08. The molecule has 0 spiro atoms. The Hall–Kier alpha value is -3.39. The lowest BCUT2D eigenvalue weighted by molar-refractivity contribution is -0.285. The number of hydrogen-bond acceptors (Lipinski definition) is 12. The predicted molar refractivity (Wildman–Crippen MR) is 146 cm³/mol. The van der Waals surface area contributed by atoms with Crippen molar-refractivity contribution in [2.45, 2.75) is 69.0 Å². The van der Waals surface area contributed by atoms with E-state index in [-0.39, 0.29) is 40.0 Å². The SMILES string of the molecule is COc1ccc(O)c2c1C(=O)c1cc3c(c(O)c1C2=O)[C@@H](OC1CC(C)(N(C)C)C(O)C(C)O1)[C@@H](OC)[C@@](C)(O)C3=O. The van der Waals surface area contributed by atoms with Crippen LogP contribution in [0.25, 0.3) is 0 Å². The first-order valence-corrected chi connectivity index (χ1v) is 13.5. The van der Waals surface area contributed by atoms with Crippen LogP contribution in [0.5, 0.6) is 17.2 Å². The quantitative estimate of drug-likeness (QED) is 0.342. The van der Waals surface area contributed by atoms with Crippen molar-refractivity contribution in [1.29, 1.82) is 0 Å². The summed E-state index contributed by atoms with van der Waals surface area (Å²) in [6, 6.07) is 3.68. The number of ketones is 3. The molecule has 0 radical (unpaired) electrons. The molecule has 1 heterocycles. The summed E-state index contributed by atoms with van der Waals surface area (Å²) in [6.07, 6.45) is -5.11. The fourth-order valence-electron chi connectivity index (χ4n) is 6.38. The maximum Gasteiger partial charge on any atom is 0.202 e. The molecule has 4 N–H and O–H groups in total. The molecule has 0 bridgehead atoms. The van der Waals surface area contributed by atoms with Crippen LogP contribution in [0, 0.1) is 0 Å². The van der Waals surface area contributed by atoms with Gasteiger partial charge in [-0.05, 0) is 53.1 Å². The number of phenolic OH excluding ortho intramolecular Hbond substituents is 2. The van der Waals surface area contributed by atoms with Crippen molar-refractivity contribution in [3.8, 4) is 17.2 Å². The Labute approximate surface area is 242 Å². The molecule has 7 atom stereocenters. The predicted octanol–water partition coefficient (Wildman–Crippen LogP) is 1.72. The van der Waals surface area contributed by atoms with E-state index in [0.717, 1.165) is 6.07 Å². The lowest BCUT2D eigenvalue weighted by Crippen LogP contribution is -2.62. The van der Waals surface area contributed by atoms with Crippen molar-refractivity contribution in [3.63, 3.8) is 0 Å². The van der Waals surface area contributed by atoms with Crippen LogP contribution in [0.3, 0.4) is 0 Å². The van der Waals surface area contributed by atoms with E-state index in [9.17, 15) is 34.8 Å². The van der Waals surface area contributed by atoms with E-state index < -0.39 is 76.3 Å². The lowest BCUT2D eigenvalue weighted by Gasteiger charge is -2.50. The summed E-state index contributed by atoms with van der Waals surface area (Å²) in [5.74, 6) is -3.66. The number of methoxy groups -OCH3 is 2. The molecule has 12 nitrogen and oxygen atoms in total. The number of hydrogen-bond donors (Lipinski definition) is 4. The average Bonchev–Trinajstić information content (AvgIpc) is 2.92. The molecule has 2 aromatic carbocycles. The van der Waals surface area contributed by atoms with Crippen LogP contribution in [0.4, 0.5) is 0 Å². The molecule has 42 heavy (non-hydrogen) atoms. The number of phenols is 2. The smallest absolute Gasteiger partial charge is 0.202 e. The number of likely N-dealkylation sites (N-methyl/N-ethyl adjacent to an activating group) is 1. The Morgan fingerprint density at radius 2 is 1.67 bits per heavy atom. The van der Waals surface area contributed by atoms with Gasteiger partial charge in [-0.15, -0.1) is 0 Å². The Bertz CT molecular complexity index is 1500. The van der Waals surface area contributed by atoms with E-state index >= 15 is 0 Å². The number of Topliss-reactive ketones (excluding diaryl/α,β-unsaturated/α-hetero) is 1. The first-order chi connectivity index (χ1) is 19.6. The number of rotatable bonds is 5. The fraction of sp³-hybridized carbons (Fsp3) is 0.500. The molecule has 1 fully saturated rings. The van der Waals surface area contributed by atoms with Gasteiger partial charge in [0.15, 0.2) is 23.5 Å². The van der Waals surface area contributed by atoms with Crippen molar-refractivity contribution >= 4 is 17.3 Å². The standard InChI is InChI=1S/C30H35NO11/c1-12-26(36)29(2,31(4)5)11-17(41-12)42-25-19-14(27(37)30(3,38)28(25)40-7)10-13-18(23(19)34)24(35)20-15(32)8-9-16(39-6)21(20)22(13)33/h8-10,12,17,25-26,28,32,34,36,38H,11H2,1-7H3/t12?,17?,25-,26?,28-,29?,30+/m1/s1. The van der Waals surface area contributed by atoms with Gasteiger partial charge in [0, 0.05) is 30.2 Å². The maximum atomic E-state index is 13.8. The van der Waals surface area contributed by atoms with Gasteiger partial charge in [0.05, 0.1) is 41.5 Å². The zero-order chi connectivity index (χ0) is 31.0. The first-order valence-electron chi connectivity index (χ1n) is 13.5. The normalized spacial score (nSPS) is 32.4. The summed E-state index contributed by atoms with van der Waals surface area (Å²) in [6.45, 7) is 4.76. The highest BCUT2D eigenvalue weighted by atomic mass is 16.7. The van der Waals surface area contributed by atoms with E-state index in [2.05, 4.69) is 0 Å². The van der Waals surface area contributed by atoms with Gasteiger partial charge >= 0.3 is 0 Å². The Kier molecular flexibility index (Phi) is 7.24. The van der Waals surface area contributed by atoms with Crippen molar-refractivity contribution in [2.24, 2.45) is 0 Å². The Balaban J connectivity index is 1.70. The van der Waals surface area contributed by atoms with Gasteiger partial charge in [0.25, 0.3) is 0 Å². The number of ether oxygens (including phenoxy) is 4. The number of carbonyl (C=O) groups is 3. The molecule has 2 aliphatic carbocycles. The van der Waals surface area contributed by atoms with Crippen LogP contribution in [-0.4, -0.2) is 107 Å². The maximum absolute atomic E-state index is 13.8. The van der Waals surface area contributed by atoms with Gasteiger partial charge in [0.2, 0.25) is 5.78 Å². The molecule has 1 aliphatic heterocycles. The van der Waals surface area contributed by atoms with Crippen LogP contribution < -0.4 is 4.74 Å². The molecule has 0 saturated carbocycles. The zero-order valence-electron chi connectivity index (χ0n) is 24.4. The van der Waals surface area contributed by atoms with Crippen LogP contribution >= 0.6 is 0 Å². The van der Waals surface area contributed by atoms with E-state index in [4.69, 9.17) is 18.9 Å². The minimum Gasteiger partial charge on any atom is -0.507 e. The van der Waals surface area contributed by atoms with Gasteiger partial charge in [-0.2, -0.15) is 0 Å². The highest BCUT2D eigenvalue weighted by Gasteiger charge is 2.56. The molecule has 0 aromatic heterocycles. The number of aromatic hydroxyl groups is 2. The van der Waals surface area contributed by atoms with Gasteiger partial charge in [-0.1, -0.05) is 0 Å². The van der Waals surface area contributed by atoms with Gasteiger partial charge < -0.3 is 44.3 Å². The topological polar surface area (TPSA) is 172 Å². The Morgan fingerprint density at radius 3 is 2.26 bits per heavy atom. The first kappa shape index (κ1) is 30.1. The summed E-state index contributed by atoms with van der Waals surface area (Å²) in [5.41, 5.74) is -4.66. The number of benzene rings is 2. The highest BCUT2D eigenvalue weighted by molar-refractivity contribution is 6.32. The highest BCUT2D eigenvalue weighted by Crippen LogP contribution is 2.50. The second-order valence-electron chi connectivity index (χ2n) is 11.7. The van der Waals surface area contributed by atoms with Crippen LogP contribution in [-0.2, 0) is 14.2 Å². The van der Waals surface area contributed by atoms with E-state index in [1.54, 1.807) is 21.0 Å². The van der Waals surface area contributed by atoms with Crippen LogP contribution in [0.1, 0.15) is 81.1 Å². The monoisotopic (exact) mass is 585 g/mol. The molecule has 12 heteroatoms. The van der Waals surface area contributed by atoms with E-state index in [1.165, 1.54) is 33.3 Å². The summed E-state index contributed by atoms with van der Waals surface area (Å²) < 4.78 is 23.1. The molecular formula is C30H35NO11. The van der Waals surface area contributed by atoms with E-state index in [1.807, 2.05) is 11.8 Å². The number of aliphatic hydroxyl groups is 2. The van der Waals surface area contributed by atoms with Crippen molar-refractivity contribution < 1.29 is 53.8 Å². The molecule has 3 aliphatic rings. The van der Waals surface area contributed by atoms with Crippen molar-refractivity contribution in [3.05, 3.63) is 51.6 Å². The van der Waals surface area contributed by atoms with Crippen molar-refractivity contribution in [2.75, 3.05) is 28.3 Å². The number of aliphatic hydroxyl groups excluding tert-OH is 1.